The van der Waals surface area contributed by atoms with Crippen LogP contribution in [0.15, 0.2) is 0 Å². The predicted octanol–water partition coefficient (Wildman–Crippen LogP) is -3.17. The molecule has 0 bridgehead atoms. The fourth-order valence-corrected chi connectivity index (χ4v) is 1.64. The average Bonchev–Trinajstić information content (AvgIpc) is 2.46. The monoisotopic (exact) mass is 301 g/mol. The van der Waals surface area contributed by atoms with Gasteiger partial charge in [-0.1, -0.05) is 0 Å². The van der Waals surface area contributed by atoms with Gasteiger partial charge in [-0.25, -0.2) is 0 Å². The Morgan fingerprint density at radius 3 is 0.842 bits per heavy atom. The largest absolute Gasteiger partial charge is 1.00 e. The minimum absolute atomic E-state index is 0. The Balaban J connectivity index is -0.000000256. The van der Waals surface area contributed by atoms with E-state index in [1.54, 1.807) is 0 Å². The molecule has 0 aliphatic carbocycles. The van der Waals surface area contributed by atoms with Crippen LogP contribution in [0.2, 0.25) is 0 Å². The van der Waals surface area contributed by atoms with E-state index in [9.17, 15) is 0 Å². The van der Waals surface area contributed by atoms with Gasteiger partial charge in [-0.2, -0.15) is 0 Å². The smallest absolute Gasteiger partial charge is 0.0757 e. The lowest BCUT2D eigenvalue weighted by molar-refractivity contribution is -0.921. The van der Waals surface area contributed by atoms with Gasteiger partial charge in [0.1, 0.15) is 0 Å². The highest BCUT2D eigenvalue weighted by molar-refractivity contribution is 4.74. The number of quaternary nitrogens is 1. The average molecular weight is 302 g/mol. The van der Waals surface area contributed by atoms with E-state index in [4.69, 9.17) is 20.4 Å². The molecule has 0 saturated carbocycles. The SMILES string of the molecule is CC[N+](CC)(CC)CC.OCC(CO)(CO)CO.[Cl-]. The molecule has 0 aromatic rings. The lowest BCUT2D eigenvalue weighted by atomic mass is 9.93. The van der Waals surface area contributed by atoms with Crippen molar-refractivity contribution in [1.29, 1.82) is 0 Å². The van der Waals surface area contributed by atoms with E-state index in [-0.39, 0.29) is 12.4 Å². The highest BCUT2D eigenvalue weighted by Gasteiger charge is 2.26. The normalized spacial score (nSPS) is 11.4. The lowest BCUT2D eigenvalue weighted by Crippen LogP contribution is -3.00. The van der Waals surface area contributed by atoms with Crippen LogP contribution < -0.4 is 12.4 Å². The molecule has 0 saturated heterocycles. The molecule has 0 aliphatic rings. The molecule has 0 heterocycles. The second kappa shape index (κ2) is 13.1. The topological polar surface area (TPSA) is 80.9 Å². The number of halogens is 1. The van der Waals surface area contributed by atoms with Crippen LogP contribution >= 0.6 is 0 Å². The predicted molar refractivity (Wildman–Crippen MR) is 73.2 cm³/mol. The van der Waals surface area contributed by atoms with Crippen molar-refractivity contribution in [2.24, 2.45) is 5.41 Å². The number of hydrogen-bond donors (Lipinski definition) is 4. The fourth-order valence-electron chi connectivity index (χ4n) is 1.64. The third kappa shape index (κ3) is 8.07. The van der Waals surface area contributed by atoms with Crippen molar-refractivity contribution in [3.63, 3.8) is 0 Å². The maximum absolute atomic E-state index is 8.50. The van der Waals surface area contributed by atoms with E-state index in [1.165, 1.54) is 30.7 Å². The molecule has 5 nitrogen and oxygen atoms in total. The fraction of sp³-hybridized carbons (Fsp3) is 1.00. The van der Waals surface area contributed by atoms with E-state index in [1.807, 2.05) is 0 Å². The van der Waals surface area contributed by atoms with Crippen molar-refractivity contribution in [2.75, 3.05) is 52.6 Å². The van der Waals surface area contributed by atoms with Crippen molar-refractivity contribution in [1.82, 2.24) is 0 Å². The minimum Gasteiger partial charge on any atom is -1.00 e. The van der Waals surface area contributed by atoms with E-state index in [0.717, 1.165) is 0 Å². The third-order valence-electron chi connectivity index (χ3n) is 4.02. The first-order valence-electron chi connectivity index (χ1n) is 6.77. The number of rotatable bonds is 8. The summed E-state index contributed by atoms with van der Waals surface area (Å²) in [4.78, 5) is 0. The van der Waals surface area contributed by atoms with E-state index >= 15 is 0 Å². The Bertz CT molecular complexity index is 130. The molecule has 0 amide bonds. The van der Waals surface area contributed by atoms with E-state index < -0.39 is 31.8 Å². The van der Waals surface area contributed by atoms with Crippen LogP contribution in [-0.4, -0.2) is 77.5 Å². The highest BCUT2D eigenvalue weighted by atomic mass is 35.5. The molecule has 4 N–H and O–H groups in total. The number of aliphatic hydroxyl groups is 4. The molecule has 0 aliphatic heterocycles. The molecule has 0 radical (unpaired) electrons. The van der Waals surface area contributed by atoms with Crippen LogP contribution in [0.4, 0.5) is 0 Å². The van der Waals surface area contributed by atoms with Crippen molar-refractivity contribution in [2.45, 2.75) is 27.7 Å². The quantitative estimate of drug-likeness (QED) is 0.357. The number of aliphatic hydroxyl groups excluding tert-OH is 4. The zero-order valence-corrected chi connectivity index (χ0v) is 13.5. The molecule has 0 unspecified atom stereocenters. The van der Waals surface area contributed by atoms with Gasteiger partial charge in [0.25, 0.3) is 0 Å². The highest BCUT2D eigenvalue weighted by Crippen LogP contribution is 2.11. The Morgan fingerprint density at radius 1 is 0.632 bits per heavy atom. The zero-order valence-electron chi connectivity index (χ0n) is 12.8. The van der Waals surface area contributed by atoms with Gasteiger partial charge in [-0.3, -0.25) is 0 Å². The molecule has 0 aromatic carbocycles. The summed E-state index contributed by atoms with van der Waals surface area (Å²) in [6.45, 7) is 12.6. The summed E-state index contributed by atoms with van der Waals surface area (Å²) in [6, 6.07) is 0. The second-order valence-electron chi connectivity index (χ2n) is 4.74. The summed E-state index contributed by atoms with van der Waals surface area (Å²) in [5, 5.41) is 34.0. The summed E-state index contributed by atoms with van der Waals surface area (Å²) in [7, 11) is 0. The van der Waals surface area contributed by atoms with Crippen molar-refractivity contribution in [3.8, 4) is 0 Å². The number of hydrogen-bond acceptors (Lipinski definition) is 4. The second-order valence-corrected chi connectivity index (χ2v) is 4.74. The first-order valence-corrected chi connectivity index (χ1v) is 6.77. The molecule has 0 atom stereocenters. The van der Waals surface area contributed by atoms with E-state index in [2.05, 4.69) is 27.7 Å². The Labute approximate surface area is 123 Å². The minimum atomic E-state index is -1.11. The van der Waals surface area contributed by atoms with Crippen LogP contribution in [0, 0.1) is 5.41 Å². The summed E-state index contributed by atoms with van der Waals surface area (Å²) < 4.78 is 1.28. The van der Waals surface area contributed by atoms with Crippen LogP contribution in [-0.2, 0) is 0 Å². The van der Waals surface area contributed by atoms with Crippen molar-refractivity contribution >= 4 is 0 Å². The van der Waals surface area contributed by atoms with Gasteiger partial charge < -0.3 is 37.3 Å². The summed E-state index contributed by atoms with van der Waals surface area (Å²) in [5.74, 6) is 0. The molecule has 0 rings (SSSR count). The maximum atomic E-state index is 8.50. The summed E-state index contributed by atoms with van der Waals surface area (Å²) in [6.07, 6.45) is 0. The third-order valence-corrected chi connectivity index (χ3v) is 4.02. The molecule has 120 valence electrons. The van der Waals surface area contributed by atoms with Crippen molar-refractivity contribution < 1.29 is 37.3 Å². The first kappa shape index (κ1) is 24.1. The van der Waals surface area contributed by atoms with Gasteiger partial charge in [-0.05, 0) is 27.7 Å². The van der Waals surface area contributed by atoms with Crippen LogP contribution in [0.5, 0.6) is 0 Å². The standard InChI is InChI=1S/C8H20N.C5H12O4.ClH/c1-5-9(6-2,7-3)8-4;6-1-5(2-7,3-8)4-9;/h5-8H2,1-4H3;6-9H,1-4H2;1H/q+1;;/p-1. The summed E-state index contributed by atoms with van der Waals surface area (Å²) in [5.41, 5.74) is -1.11. The lowest BCUT2D eigenvalue weighted by Gasteiger charge is -2.34. The van der Waals surface area contributed by atoms with Gasteiger partial charge >= 0.3 is 0 Å². The molecule has 0 fully saturated rings. The van der Waals surface area contributed by atoms with Gasteiger partial charge in [0.2, 0.25) is 0 Å². The van der Waals surface area contributed by atoms with Crippen LogP contribution in [0.1, 0.15) is 27.7 Å². The molecular weight excluding hydrogens is 270 g/mol. The summed E-state index contributed by atoms with van der Waals surface area (Å²) >= 11 is 0. The van der Waals surface area contributed by atoms with Crippen LogP contribution in [0.25, 0.3) is 0 Å². The Morgan fingerprint density at radius 2 is 0.842 bits per heavy atom. The molecular formula is C13H32ClNO4. The number of nitrogens with zero attached hydrogens (tertiary/aromatic N) is 1. The van der Waals surface area contributed by atoms with Gasteiger partial charge in [0, 0.05) is 0 Å². The Kier molecular flexibility index (Phi) is 16.6. The van der Waals surface area contributed by atoms with Gasteiger partial charge in [0.05, 0.1) is 58.0 Å². The van der Waals surface area contributed by atoms with Crippen LogP contribution in [0.3, 0.4) is 0 Å². The maximum Gasteiger partial charge on any atom is 0.0757 e. The van der Waals surface area contributed by atoms with Gasteiger partial charge in [-0.15, -0.1) is 0 Å². The molecule has 0 aromatic heterocycles. The molecule has 6 heteroatoms. The Hall–Kier alpha value is 0.0900. The van der Waals surface area contributed by atoms with Crippen molar-refractivity contribution in [3.05, 3.63) is 0 Å². The zero-order chi connectivity index (χ0) is 14.7. The molecule has 19 heavy (non-hydrogen) atoms. The molecule has 0 spiro atoms. The first-order chi connectivity index (χ1) is 8.49. The van der Waals surface area contributed by atoms with Gasteiger partial charge in [0.15, 0.2) is 0 Å². The van der Waals surface area contributed by atoms with E-state index in [0.29, 0.717) is 0 Å².